The molecule has 2 aromatic carbocycles. The highest BCUT2D eigenvalue weighted by molar-refractivity contribution is 8.18. The van der Waals surface area contributed by atoms with Crippen LogP contribution in [0.5, 0.6) is 17.2 Å². The Balaban J connectivity index is 1.83. The van der Waals surface area contributed by atoms with E-state index in [-0.39, 0.29) is 11.7 Å². The van der Waals surface area contributed by atoms with Crippen molar-refractivity contribution in [2.75, 3.05) is 14.2 Å². The molecule has 0 aliphatic carbocycles. The van der Waals surface area contributed by atoms with Crippen molar-refractivity contribution in [2.24, 2.45) is 4.99 Å². The van der Waals surface area contributed by atoms with Crippen molar-refractivity contribution < 1.29 is 19.4 Å². The minimum absolute atomic E-state index is 0.00792. The van der Waals surface area contributed by atoms with E-state index >= 15 is 0 Å². The summed E-state index contributed by atoms with van der Waals surface area (Å²) in [5.41, 5.74) is 1.21. The van der Waals surface area contributed by atoms with Gasteiger partial charge in [-0.3, -0.25) is 4.79 Å². The van der Waals surface area contributed by atoms with Gasteiger partial charge >= 0.3 is 0 Å². The third-order valence-corrected chi connectivity index (χ3v) is 4.40. The number of nitrogens with zero attached hydrogens (tertiary/aromatic N) is 1. The fourth-order valence-electron chi connectivity index (χ4n) is 2.22. The summed E-state index contributed by atoms with van der Waals surface area (Å²) in [5, 5.41) is 13.3. The van der Waals surface area contributed by atoms with Gasteiger partial charge in [-0.1, -0.05) is 12.1 Å². The van der Waals surface area contributed by atoms with Gasteiger partial charge < -0.3 is 19.9 Å². The maximum Gasteiger partial charge on any atom is 0.264 e. The number of thioether (sulfide) groups is 1. The van der Waals surface area contributed by atoms with Gasteiger partial charge in [0.15, 0.2) is 16.7 Å². The summed E-state index contributed by atoms with van der Waals surface area (Å²) in [7, 11) is 3.07. The molecule has 0 atom stereocenters. The molecule has 1 saturated heterocycles. The van der Waals surface area contributed by atoms with Crippen molar-refractivity contribution in [1.29, 1.82) is 0 Å². The van der Waals surface area contributed by atoms with Crippen LogP contribution in [0.2, 0.25) is 0 Å². The van der Waals surface area contributed by atoms with Crippen LogP contribution in [-0.2, 0) is 4.79 Å². The van der Waals surface area contributed by atoms with Gasteiger partial charge in [0.25, 0.3) is 5.91 Å². The Labute approximate surface area is 149 Å². The van der Waals surface area contributed by atoms with Crippen LogP contribution in [0.15, 0.2) is 52.4 Å². The van der Waals surface area contributed by atoms with Gasteiger partial charge in [0.1, 0.15) is 5.75 Å². The summed E-state index contributed by atoms with van der Waals surface area (Å²) in [6.45, 7) is 0. The first kappa shape index (κ1) is 16.9. The summed E-state index contributed by atoms with van der Waals surface area (Å²) < 4.78 is 10.2. The highest BCUT2D eigenvalue weighted by Crippen LogP contribution is 2.34. The molecule has 1 aliphatic rings. The number of ether oxygens (including phenoxy) is 2. The van der Waals surface area contributed by atoms with E-state index in [4.69, 9.17) is 9.47 Å². The van der Waals surface area contributed by atoms with Crippen LogP contribution >= 0.6 is 11.8 Å². The number of phenolic OH excluding ortho intramolecular Hbond substituents is 1. The third-order valence-electron chi connectivity index (χ3n) is 3.49. The lowest BCUT2D eigenvalue weighted by atomic mass is 10.1. The number of phenols is 1. The number of hydrogen-bond acceptors (Lipinski definition) is 6. The minimum Gasteiger partial charge on any atom is -0.504 e. The number of nitrogens with one attached hydrogen (secondary N) is 1. The first-order chi connectivity index (χ1) is 12.1. The Kier molecular flexibility index (Phi) is 4.95. The topological polar surface area (TPSA) is 80.2 Å². The molecule has 0 unspecified atom stereocenters. The maximum atomic E-state index is 12.1. The average Bonchev–Trinajstić information content (AvgIpc) is 2.96. The van der Waals surface area contributed by atoms with Crippen molar-refractivity contribution >= 4 is 34.6 Å². The fraction of sp³-hybridized carbons (Fsp3) is 0.111. The molecule has 0 aromatic heterocycles. The first-order valence-corrected chi connectivity index (χ1v) is 8.22. The zero-order chi connectivity index (χ0) is 17.8. The highest BCUT2D eigenvalue weighted by atomic mass is 32.2. The van der Waals surface area contributed by atoms with Crippen molar-refractivity contribution in [3.63, 3.8) is 0 Å². The molecule has 1 amide bonds. The molecule has 0 radical (unpaired) electrons. The second-order valence-electron chi connectivity index (χ2n) is 5.08. The zero-order valence-corrected chi connectivity index (χ0v) is 14.5. The average molecular weight is 356 g/mol. The number of amides is 1. The quantitative estimate of drug-likeness (QED) is 0.822. The number of aliphatic imine (C=N–C) groups is 1. The van der Waals surface area contributed by atoms with Crippen LogP contribution in [0.1, 0.15) is 5.56 Å². The van der Waals surface area contributed by atoms with Crippen molar-refractivity contribution in [3.8, 4) is 17.2 Å². The number of benzene rings is 2. The van der Waals surface area contributed by atoms with Crippen LogP contribution in [0.4, 0.5) is 5.69 Å². The molecule has 0 spiro atoms. The molecule has 7 heteroatoms. The van der Waals surface area contributed by atoms with Gasteiger partial charge in [-0.25, -0.2) is 4.99 Å². The Morgan fingerprint density at radius 3 is 2.56 bits per heavy atom. The standard InChI is InChI=1S/C18H16N2O4S/c1-23-13-8-6-12(7-9-13)19-18-20-17(22)15(25-18)10-11-4-3-5-14(24-2)16(11)21/h3-10,21H,1-2H3,(H,19,20,22)/b15-10-. The third kappa shape index (κ3) is 3.77. The summed E-state index contributed by atoms with van der Waals surface area (Å²) in [5.74, 6) is 0.817. The second kappa shape index (κ2) is 7.31. The molecule has 128 valence electrons. The van der Waals surface area contributed by atoms with Crippen molar-refractivity contribution in [1.82, 2.24) is 5.32 Å². The number of para-hydroxylation sites is 1. The number of hydrogen-bond donors (Lipinski definition) is 2. The minimum atomic E-state index is -0.264. The molecule has 25 heavy (non-hydrogen) atoms. The van der Waals surface area contributed by atoms with Gasteiger partial charge in [0.05, 0.1) is 24.8 Å². The Morgan fingerprint density at radius 2 is 1.88 bits per heavy atom. The summed E-state index contributed by atoms with van der Waals surface area (Å²) >= 11 is 1.21. The molecule has 0 saturated carbocycles. The van der Waals surface area contributed by atoms with Crippen LogP contribution in [0, 0.1) is 0 Å². The molecule has 1 fully saturated rings. The van der Waals surface area contributed by atoms with E-state index in [2.05, 4.69) is 10.3 Å². The summed E-state index contributed by atoms with van der Waals surface area (Å²) in [6.07, 6.45) is 1.61. The molecule has 1 heterocycles. The second-order valence-corrected chi connectivity index (χ2v) is 6.11. The molecular weight excluding hydrogens is 340 g/mol. The van der Waals surface area contributed by atoms with E-state index in [1.807, 2.05) is 0 Å². The lowest BCUT2D eigenvalue weighted by molar-refractivity contribution is -0.115. The monoisotopic (exact) mass is 356 g/mol. The number of rotatable bonds is 4. The molecular formula is C18H16N2O4S. The van der Waals surface area contributed by atoms with Crippen molar-refractivity contribution in [3.05, 3.63) is 52.9 Å². The fourth-order valence-corrected chi connectivity index (χ4v) is 3.05. The number of carbonyl (C=O) groups excluding carboxylic acids is 1. The molecule has 2 N–H and O–H groups in total. The SMILES string of the molecule is COc1ccc(N=C2NC(=O)/C(=C/c3cccc(OC)c3O)S2)cc1. The van der Waals surface area contributed by atoms with Crippen molar-refractivity contribution in [2.45, 2.75) is 0 Å². The van der Waals surface area contributed by atoms with E-state index in [0.29, 0.717) is 27.1 Å². The van der Waals surface area contributed by atoms with Crippen LogP contribution in [0.25, 0.3) is 6.08 Å². The van der Waals surface area contributed by atoms with E-state index in [1.165, 1.54) is 18.9 Å². The number of methoxy groups -OCH3 is 2. The maximum absolute atomic E-state index is 12.1. The molecule has 6 nitrogen and oxygen atoms in total. The lowest BCUT2D eigenvalue weighted by Gasteiger charge is -2.05. The molecule has 2 aromatic rings. The summed E-state index contributed by atoms with van der Waals surface area (Å²) in [4.78, 5) is 17.0. The zero-order valence-electron chi connectivity index (χ0n) is 13.6. The first-order valence-electron chi connectivity index (χ1n) is 7.40. The van der Waals surface area contributed by atoms with Gasteiger partial charge in [-0.2, -0.15) is 0 Å². The smallest absolute Gasteiger partial charge is 0.264 e. The Morgan fingerprint density at radius 1 is 1.12 bits per heavy atom. The number of amidine groups is 1. The van der Waals surface area contributed by atoms with E-state index in [9.17, 15) is 9.90 Å². The molecule has 1 aliphatic heterocycles. The van der Waals surface area contributed by atoms with E-state index in [0.717, 1.165) is 5.75 Å². The van der Waals surface area contributed by atoms with Gasteiger partial charge in [0.2, 0.25) is 0 Å². The van der Waals surface area contributed by atoms with Gasteiger partial charge in [-0.15, -0.1) is 0 Å². The van der Waals surface area contributed by atoms with Gasteiger partial charge in [-0.05, 0) is 48.2 Å². The van der Waals surface area contributed by atoms with Crippen LogP contribution < -0.4 is 14.8 Å². The highest BCUT2D eigenvalue weighted by Gasteiger charge is 2.24. The van der Waals surface area contributed by atoms with Crippen LogP contribution in [0.3, 0.4) is 0 Å². The molecule has 0 bridgehead atoms. The van der Waals surface area contributed by atoms with E-state index in [1.54, 1.807) is 55.7 Å². The number of carbonyl (C=O) groups is 1. The van der Waals surface area contributed by atoms with Crippen LogP contribution in [-0.4, -0.2) is 30.4 Å². The summed E-state index contributed by atoms with van der Waals surface area (Å²) in [6, 6.07) is 12.3. The van der Waals surface area contributed by atoms with E-state index < -0.39 is 0 Å². The predicted octanol–water partition coefficient (Wildman–Crippen LogP) is 3.30. The number of aromatic hydroxyl groups is 1. The normalized spacial score (nSPS) is 17.0. The lowest BCUT2D eigenvalue weighted by Crippen LogP contribution is -2.19. The predicted molar refractivity (Wildman–Crippen MR) is 98.5 cm³/mol. The largest absolute Gasteiger partial charge is 0.504 e. The Bertz CT molecular complexity index is 860. The Hall–Kier alpha value is -2.93. The van der Waals surface area contributed by atoms with Gasteiger partial charge in [0, 0.05) is 5.56 Å². The molecule has 3 rings (SSSR count).